The van der Waals surface area contributed by atoms with Crippen molar-refractivity contribution in [3.8, 4) is 22.3 Å². The summed E-state index contributed by atoms with van der Waals surface area (Å²) in [6.45, 7) is 0. The summed E-state index contributed by atoms with van der Waals surface area (Å²) in [5.41, 5.74) is -5.64. The second-order valence-corrected chi connectivity index (χ2v) is 10.00. The van der Waals surface area contributed by atoms with Gasteiger partial charge < -0.3 is 5.32 Å². The quantitative estimate of drug-likeness (QED) is 0.192. The molecular formula is C32H17F12N. The van der Waals surface area contributed by atoms with E-state index in [-0.39, 0.29) is 34.4 Å². The zero-order chi connectivity index (χ0) is 32.9. The van der Waals surface area contributed by atoms with Gasteiger partial charge in [0, 0.05) is 16.8 Å². The van der Waals surface area contributed by atoms with E-state index in [1.165, 1.54) is 42.5 Å². The molecule has 0 aromatic heterocycles. The van der Waals surface area contributed by atoms with E-state index in [2.05, 4.69) is 5.32 Å². The summed E-state index contributed by atoms with van der Waals surface area (Å²) < 4.78 is 161. The van der Waals surface area contributed by atoms with Crippen LogP contribution in [0.15, 0.2) is 97.1 Å². The second kappa shape index (κ2) is 11.0. The van der Waals surface area contributed by atoms with Crippen molar-refractivity contribution in [2.75, 3.05) is 5.32 Å². The van der Waals surface area contributed by atoms with Crippen LogP contribution in [-0.2, 0) is 24.7 Å². The first kappa shape index (κ1) is 31.7. The predicted octanol–water partition coefficient (Wildman–Crippen LogP) is 12.0. The average molecular weight is 643 g/mol. The highest BCUT2D eigenvalue weighted by molar-refractivity contribution is 6.04. The van der Waals surface area contributed by atoms with Gasteiger partial charge in [0.15, 0.2) is 0 Å². The molecule has 0 saturated heterocycles. The van der Waals surface area contributed by atoms with Gasteiger partial charge in [-0.1, -0.05) is 42.5 Å². The van der Waals surface area contributed by atoms with E-state index in [0.717, 1.165) is 0 Å². The fourth-order valence-electron chi connectivity index (χ4n) is 4.79. The SMILES string of the molecule is FC(F)(F)c1cc(-c2ccc(Nc3ccc(-c4cc(C(F)(F)F)cc(C(F)(F)F)c4)c4ccccc34)cc2)cc(C(F)(F)F)c1. The Morgan fingerprint density at radius 1 is 0.378 bits per heavy atom. The molecule has 0 amide bonds. The van der Waals surface area contributed by atoms with Gasteiger partial charge in [-0.05, 0) is 82.2 Å². The molecule has 5 aromatic carbocycles. The molecule has 1 N–H and O–H groups in total. The van der Waals surface area contributed by atoms with Crippen molar-refractivity contribution in [3.63, 3.8) is 0 Å². The van der Waals surface area contributed by atoms with Crippen LogP contribution in [0.2, 0.25) is 0 Å². The Kier molecular flexibility index (Phi) is 7.79. The molecule has 0 fully saturated rings. The maximum Gasteiger partial charge on any atom is 0.416 e. The number of alkyl halides is 12. The van der Waals surface area contributed by atoms with Crippen LogP contribution in [0.25, 0.3) is 33.0 Å². The van der Waals surface area contributed by atoms with Crippen LogP contribution in [0.5, 0.6) is 0 Å². The van der Waals surface area contributed by atoms with Gasteiger partial charge in [0.25, 0.3) is 0 Å². The molecule has 1 nitrogen and oxygen atoms in total. The Morgan fingerprint density at radius 3 is 1.24 bits per heavy atom. The van der Waals surface area contributed by atoms with Gasteiger partial charge in [0.2, 0.25) is 0 Å². The smallest absolute Gasteiger partial charge is 0.355 e. The lowest BCUT2D eigenvalue weighted by molar-refractivity contribution is -0.144. The number of nitrogens with one attached hydrogen (secondary N) is 1. The highest BCUT2D eigenvalue weighted by Gasteiger charge is 2.38. The highest BCUT2D eigenvalue weighted by atomic mass is 19.4. The Bertz CT molecular complexity index is 1800. The molecule has 0 spiro atoms. The summed E-state index contributed by atoms with van der Waals surface area (Å²) in [6.07, 6.45) is -20.1. The van der Waals surface area contributed by atoms with Crippen LogP contribution >= 0.6 is 0 Å². The van der Waals surface area contributed by atoms with Crippen molar-refractivity contribution in [2.24, 2.45) is 0 Å². The lowest BCUT2D eigenvalue weighted by Crippen LogP contribution is -2.11. The minimum absolute atomic E-state index is 0.0253. The van der Waals surface area contributed by atoms with Gasteiger partial charge >= 0.3 is 24.7 Å². The number of hydrogen-bond donors (Lipinski definition) is 1. The Morgan fingerprint density at radius 2 is 0.800 bits per heavy atom. The third-order valence-corrected chi connectivity index (χ3v) is 6.91. The molecule has 0 atom stereocenters. The summed E-state index contributed by atoms with van der Waals surface area (Å²) in [7, 11) is 0. The van der Waals surface area contributed by atoms with Crippen LogP contribution in [-0.4, -0.2) is 0 Å². The van der Waals surface area contributed by atoms with E-state index < -0.39 is 47.0 Å². The first-order valence-corrected chi connectivity index (χ1v) is 12.8. The van der Waals surface area contributed by atoms with Gasteiger partial charge in [-0.3, -0.25) is 0 Å². The zero-order valence-corrected chi connectivity index (χ0v) is 22.3. The van der Waals surface area contributed by atoms with Crippen molar-refractivity contribution in [1.29, 1.82) is 0 Å². The number of anilines is 2. The van der Waals surface area contributed by atoms with E-state index in [0.29, 0.717) is 46.4 Å². The van der Waals surface area contributed by atoms with Crippen molar-refractivity contribution in [1.82, 2.24) is 0 Å². The summed E-state index contributed by atoms with van der Waals surface area (Å²) in [6, 6.07) is 16.9. The van der Waals surface area contributed by atoms with Crippen molar-refractivity contribution >= 4 is 22.1 Å². The Labute approximate surface area is 246 Å². The monoisotopic (exact) mass is 643 g/mol. The summed E-state index contributed by atoms with van der Waals surface area (Å²) >= 11 is 0. The van der Waals surface area contributed by atoms with E-state index in [4.69, 9.17) is 0 Å². The molecule has 0 radical (unpaired) electrons. The normalized spacial score (nSPS) is 12.9. The maximum atomic E-state index is 13.5. The Hall–Kier alpha value is -4.68. The molecule has 0 bridgehead atoms. The van der Waals surface area contributed by atoms with E-state index in [1.54, 1.807) is 18.2 Å². The molecule has 0 saturated carbocycles. The maximum absolute atomic E-state index is 13.5. The third kappa shape index (κ3) is 6.86. The van der Waals surface area contributed by atoms with Gasteiger partial charge in [0.05, 0.1) is 22.3 Å². The van der Waals surface area contributed by atoms with Crippen LogP contribution in [0.4, 0.5) is 64.1 Å². The second-order valence-electron chi connectivity index (χ2n) is 10.00. The van der Waals surface area contributed by atoms with E-state index >= 15 is 0 Å². The standard InChI is InChI=1S/C32H17F12N/c33-29(34,35)20-11-18(12-21(15-20)30(36,37)38)17-5-7-24(8-6-17)45-28-10-9-25(26-3-1-2-4-27(26)28)19-13-22(31(39,40)41)16-23(14-19)32(42,43)44/h1-16,45H. The van der Waals surface area contributed by atoms with Crippen LogP contribution in [0.3, 0.4) is 0 Å². The fourth-order valence-corrected chi connectivity index (χ4v) is 4.79. The van der Waals surface area contributed by atoms with Gasteiger partial charge in [-0.25, -0.2) is 0 Å². The lowest BCUT2D eigenvalue weighted by atomic mass is 9.94. The fraction of sp³-hybridized carbons (Fsp3) is 0.125. The predicted molar refractivity (Wildman–Crippen MR) is 145 cm³/mol. The molecule has 5 aromatic rings. The minimum atomic E-state index is -5.04. The molecule has 13 heteroatoms. The first-order valence-electron chi connectivity index (χ1n) is 12.8. The number of halogens is 12. The van der Waals surface area contributed by atoms with Gasteiger partial charge in [0.1, 0.15) is 0 Å². The summed E-state index contributed by atoms with van der Waals surface area (Å²) in [5.74, 6) is 0. The van der Waals surface area contributed by atoms with E-state index in [9.17, 15) is 52.7 Å². The van der Waals surface area contributed by atoms with E-state index in [1.807, 2.05) is 0 Å². The molecule has 5 rings (SSSR count). The van der Waals surface area contributed by atoms with Crippen molar-refractivity contribution in [3.05, 3.63) is 119 Å². The molecule has 0 aliphatic carbocycles. The van der Waals surface area contributed by atoms with Crippen molar-refractivity contribution < 1.29 is 52.7 Å². The first-order chi connectivity index (χ1) is 20.8. The third-order valence-electron chi connectivity index (χ3n) is 6.91. The van der Waals surface area contributed by atoms with Crippen molar-refractivity contribution in [2.45, 2.75) is 24.7 Å². The summed E-state index contributed by atoms with van der Waals surface area (Å²) in [5, 5.41) is 3.76. The van der Waals surface area contributed by atoms with Crippen LogP contribution < -0.4 is 5.32 Å². The largest absolute Gasteiger partial charge is 0.416 e. The molecule has 0 unspecified atom stereocenters. The van der Waals surface area contributed by atoms with Crippen LogP contribution in [0.1, 0.15) is 22.3 Å². The molecule has 45 heavy (non-hydrogen) atoms. The minimum Gasteiger partial charge on any atom is -0.355 e. The highest BCUT2D eigenvalue weighted by Crippen LogP contribution is 2.42. The summed E-state index contributed by atoms with van der Waals surface area (Å²) in [4.78, 5) is 0. The number of benzene rings is 5. The zero-order valence-electron chi connectivity index (χ0n) is 22.3. The number of rotatable bonds is 4. The molecule has 0 heterocycles. The molecule has 0 aliphatic heterocycles. The lowest BCUT2D eigenvalue weighted by Gasteiger charge is -2.17. The molecule has 234 valence electrons. The topological polar surface area (TPSA) is 12.0 Å². The average Bonchev–Trinajstić information content (AvgIpc) is 2.95. The van der Waals surface area contributed by atoms with Crippen LogP contribution in [0, 0.1) is 0 Å². The Balaban J connectivity index is 1.52. The molecular weight excluding hydrogens is 626 g/mol. The number of fused-ring (bicyclic) bond motifs is 1. The molecule has 0 aliphatic rings. The van der Waals surface area contributed by atoms with Gasteiger partial charge in [-0.15, -0.1) is 0 Å². The number of hydrogen-bond acceptors (Lipinski definition) is 1. The van der Waals surface area contributed by atoms with Gasteiger partial charge in [-0.2, -0.15) is 52.7 Å².